The molecule has 0 saturated carbocycles. The molecule has 2 aliphatic rings. The maximum atomic E-state index is 13.3. The van der Waals surface area contributed by atoms with Crippen LogP contribution in [-0.4, -0.2) is 64.7 Å². The molecule has 3 heterocycles. The molecule has 6 nitrogen and oxygen atoms in total. The number of rotatable bonds is 4. The van der Waals surface area contributed by atoms with E-state index in [2.05, 4.69) is 21.8 Å². The summed E-state index contributed by atoms with van der Waals surface area (Å²) in [6, 6.07) is 13.2. The van der Waals surface area contributed by atoms with Crippen molar-refractivity contribution in [3.8, 4) is 0 Å². The van der Waals surface area contributed by atoms with Gasteiger partial charge in [0, 0.05) is 38.6 Å². The zero-order valence-electron chi connectivity index (χ0n) is 15.3. The average molecular weight is 362 g/mol. The molecule has 1 saturated heterocycles. The zero-order chi connectivity index (χ0) is 18.8. The standard InChI is InChI=1S/C21H22N4O2/c1-23-10-12-24(13-11-23)19-18(17-7-3-2-4-8-17)20(26)25(21(19)27)15-16-6-5-9-22-14-16/h2-9,14H,10-13,15H2,1H3. The van der Waals surface area contributed by atoms with Crippen molar-refractivity contribution in [1.82, 2.24) is 19.7 Å². The van der Waals surface area contributed by atoms with Gasteiger partial charge in [-0.05, 0) is 24.2 Å². The summed E-state index contributed by atoms with van der Waals surface area (Å²) in [6.45, 7) is 3.45. The van der Waals surface area contributed by atoms with Gasteiger partial charge in [0.2, 0.25) is 0 Å². The summed E-state index contributed by atoms with van der Waals surface area (Å²) in [7, 11) is 2.07. The van der Waals surface area contributed by atoms with E-state index in [0.717, 1.165) is 37.3 Å². The Morgan fingerprint density at radius 3 is 2.33 bits per heavy atom. The molecule has 138 valence electrons. The van der Waals surface area contributed by atoms with Crippen LogP contribution in [-0.2, 0) is 16.1 Å². The minimum Gasteiger partial charge on any atom is -0.364 e. The van der Waals surface area contributed by atoms with Gasteiger partial charge in [-0.25, -0.2) is 0 Å². The highest BCUT2D eigenvalue weighted by molar-refractivity contribution is 6.35. The quantitative estimate of drug-likeness (QED) is 0.774. The number of hydrogen-bond donors (Lipinski definition) is 0. The number of carbonyl (C=O) groups excluding carboxylic acids is 2. The van der Waals surface area contributed by atoms with E-state index in [9.17, 15) is 9.59 Å². The van der Waals surface area contributed by atoms with Gasteiger partial charge in [-0.1, -0.05) is 36.4 Å². The number of benzene rings is 1. The van der Waals surface area contributed by atoms with Crippen LogP contribution in [0, 0.1) is 0 Å². The molecule has 0 radical (unpaired) electrons. The molecule has 2 aliphatic heterocycles. The van der Waals surface area contributed by atoms with Crippen molar-refractivity contribution in [3.63, 3.8) is 0 Å². The van der Waals surface area contributed by atoms with Crippen molar-refractivity contribution in [3.05, 3.63) is 71.7 Å². The fraction of sp³-hybridized carbons (Fsp3) is 0.286. The van der Waals surface area contributed by atoms with Crippen LogP contribution in [0.25, 0.3) is 5.57 Å². The second-order valence-electron chi connectivity index (χ2n) is 6.94. The first-order valence-electron chi connectivity index (χ1n) is 9.13. The van der Waals surface area contributed by atoms with Crippen molar-refractivity contribution < 1.29 is 9.59 Å². The van der Waals surface area contributed by atoms with Gasteiger partial charge >= 0.3 is 0 Å². The summed E-state index contributed by atoms with van der Waals surface area (Å²) in [5.41, 5.74) is 2.67. The minimum absolute atomic E-state index is 0.216. The molecule has 2 aromatic rings. The van der Waals surface area contributed by atoms with Gasteiger partial charge in [0.15, 0.2) is 0 Å². The fourth-order valence-electron chi connectivity index (χ4n) is 3.57. The zero-order valence-corrected chi connectivity index (χ0v) is 15.3. The van der Waals surface area contributed by atoms with E-state index >= 15 is 0 Å². The molecule has 0 bridgehead atoms. The second-order valence-corrected chi connectivity index (χ2v) is 6.94. The van der Waals surface area contributed by atoms with Crippen molar-refractivity contribution in [1.29, 1.82) is 0 Å². The predicted molar refractivity (Wildman–Crippen MR) is 102 cm³/mol. The normalized spacial score (nSPS) is 18.6. The number of carbonyl (C=O) groups is 2. The molecular weight excluding hydrogens is 340 g/mol. The van der Waals surface area contributed by atoms with E-state index in [1.165, 1.54) is 4.90 Å². The van der Waals surface area contributed by atoms with Crippen molar-refractivity contribution >= 4 is 17.4 Å². The highest BCUT2D eigenvalue weighted by atomic mass is 16.2. The van der Waals surface area contributed by atoms with Gasteiger partial charge in [0.05, 0.1) is 12.1 Å². The van der Waals surface area contributed by atoms with Crippen LogP contribution in [0.2, 0.25) is 0 Å². The fourth-order valence-corrected chi connectivity index (χ4v) is 3.57. The number of nitrogens with zero attached hydrogens (tertiary/aromatic N) is 4. The highest BCUT2D eigenvalue weighted by Gasteiger charge is 2.41. The molecule has 1 aromatic carbocycles. The third-order valence-electron chi connectivity index (χ3n) is 5.09. The van der Waals surface area contributed by atoms with Crippen molar-refractivity contribution in [2.75, 3.05) is 33.2 Å². The average Bonchev–Trinajstić information content (AvgIpc) is 2.95. The van der Waals surface area contributed by atoms with Crippen molar-refractivity contribution in [2.24, 2.45) is 0 Å². The molecular formula is C21H22N4O2. The lowest BCUT2D eigenvalue weighted by molar-refractivity contribution is -0.138. The van der Waals surface area contributed by atoms with Crippen LogP contribution >= 0.6 is 0 Å². The Kier molecular flexibility index (Phi) is 4.73. The first-order valence-corrected chi connectivity index (χ1v) is 9.13. The van der Waals surface area contributed by atoms with Crippen LogP contribution in [0.1, 0.15) is 11.1 Å². The summed E-state index contributed by atoms with van der Waals surface area (Å²) in [5, 5.41) is 0. The largest absolute Gasteiger partial charge is 0.364 e. The highest BCUT2D eigenvalue weighted by Crippen LogP contribution is 2.32. The van der Waals surface area contributed by atoms with Gasteiger partial charge in [0.25, 0.3) is 11.8 Å². The molecule has 27 heavy (non-hydrogen) atoms. The Morgan fingerprint density at radius 2 is 1.67 bits per heavy atom. The van der Waals surface area contributed by atoms with E-state index in [4.69, 9.17) is 0 Å². The molecule has 0 aliphatic carbocycles. The van der Waals surface area contributed by atoms with E-state index in [-0.39, 0.29) is 18.4 Å². The third kappa shape index (κ3) is 3.36. The summed E-state index contributed by atoms with van der Waals surface area (Å²) >= 11 is 0. The SMILES string of the molecule is CN1CCN(C2=C(c3ccccc3)C(=O)N(Cc3cccnc3)C2=O)CC1. The second kappa shape index (κ2) is 7.32. The number of amides is 2. The molecule has 0 N–H and O–H groups in total. The summed E-state index contributed by atoms with van der Waals surface area (Å²) < 4.78 is 0. The van der Waals surface area contributed by atoms with E-state index in [0.29, 0.717) is 11.3 Å². The number of likely N-dealkylation sites (N-methyl/N-ethyl adjacent to an activating group) is 1. The molecule has 2 amide bonds. The minimum atomic E-state index is -0.232. The van der Waals surface area contributed by atoms with E-state index < -0.39 is 0 Å². The molecule has 1 fully saturated rings. The number of imide groups is 1. The van der Waals surface area contributed by atoms with Crippen LogP contribution in [0.15, 0.2) is 60.6 Å². The Labute approximate surface area is 158 Å². The molecule has 0 unspecified atom stereocenters. The number of pyridine rings is 1. The number of aromatic nitrogens is 1. The summed E-state index contributed by atoms with van der Waals surface area (Å²) in [5.74, 6) is -0.448. The molecule has 6 heteroatoms. The molecule has 0 spiro atoms. The monoisotopic (exact) mass is 362 g/mol. The number of hydrogen-bond acceptors (Lipinski definition) is 5. The smallest absolute Gasteiger partial charge is 0.278 e. The topological polar surface area (TPSA) is 56.8 Å². The van der Waals surface area contributed by atoms with Crippen molar-refractivity contribution in [2.45, 2.75) is 6.54 Å². The van der Waals surface area contributed by atoms with Crippen LogP contribution in [0.3, 0.4) is 0 Å². The molecule has 1 aromatic heterocycles. The van der Waals surface area contributed by atoms with Crippen LogP contribution in [0.5, 0.6) is 0 Å². The Hall–Kier alpha value is -2.99. The summed E-state index contributed by atoms with van der Waals surface area (Å²) in [4.78, 5) is 36.2. The summed E-state index contributed by atoms with van der Waals surface area (Å²) in [6.07, 6.45) is 3.37. The predicted octanol–water partition coefficient (Wildman–Crippen LogP) is 1.61. The Balaban J connectivity index is 1.71. The Morgan fingerprint density at radius 1 is 0.926 bits per heavy atom. The Bertz CT molecular complexity index is 872. The van der Waals surface area contributed by atoms with Gasteiger partial charge in [-0.15, -0.1) is 0 Å². The third-order valence-corrected chi connectivity index (χ3v) is 5.09. The molecule has 4 rings (SSSR count). The maximum absolute atomic E-state index is 13.3. The lowest BCUT2D eigenvalue weighted by Gasteiger charge is -2.34. The van der Waals surface area contributed by atoms with Gasteiger partial charge in [0.1, 0.15) is 5.70 Å². The lowest BCUT2D eigenvalue weighted by atomic mass is 10.0. The first kappa shape index (κ1) is 17.4. The first-order chi connectivity index (χ1) is 13.1. The lowest BCUT2D eigenvalue weighted by Crippen LogP contribution is -2.46. The molecule has 0 atom stereocenters. The van der Waals surface area contributed by atoms with Gasteiger partial charge in [-0.3, -0.25) is 19.5 Å². The van der Waals surface area contributed by atoms with E-state index in [1.807, 2.05) is 42.5 Å². The van der Waals surface area contributed by atoms with Gasteiger partial charge < -0.3 is 9.80 Å². The number of piperazine rings is 1. The van der Waals surface area contributed by atoms with Gasteiger partial charge in [-0.2, -0.15) is 0 Å². The maximum Gasteiger partial charge on any atom is 0.278 e. The van der Waals surface area contributed by atoms with Crippen LogP contribution < -0.4 is 0 Å². The van der Waals surface area contributed by atoms with Crippen LogP contribution in [0.4, 0.5) is 0 Å². The van der Waals surface area contributed by atoms with E-state index in [1.54, 1.807) is 12.4 Å².